The Morgan fingerprint density at radius 3 is 1.92 bits per heavy atom. The van der Waals surface area contributed by atoms with E-state index in [1.807, 2.05) is 13.8 Å². The Kier molecular flexibility index (Phi) is 13.8. The van der Waals surface area contributed by atoms with Gasteiger partial charge in [0.05, 0.1) is 19.8 Å². The van der Waals surface area contributed by atoms with Gasteiger partial charge in [-0.25, -0.2) is 19.2 Å². The maximum atomic E-state index is 12.3. The van der Waals surface area contributed by atoms with Crippen LogP contribution in [0.2, 0.25) is 0 Å². The summed E-state index contributed by atoms with van der Waals surface area (Å²) in [4.78, 5) is 48.7. The molecule has 1 rings (SSSR count). The molecule has 0 unspecified atom stereocenters. The minimum Gasteiger partial charge on any atom is -0.477 e. The SMILES string of the molecule is CCCCOC(=O)O[C@](Cc1ccc(OC(=O)OCCC)c(OC(=O)OCCC)c1)(NC(C)C)C(=O)O. The summed E-state index contributed by atoms with van der Waals surface area (Å²) in [6.45, 7) is 9.17. The molecule has 0 saturated heterocycles. The standard InChI is InChI=1S/C25H37NO11/c1-6-9-14-34-24(31)37-25(21(27)28,26-17(4)5)16-18-10-11-19(35-22(29)32-12-7-2)20(15-18)36-23(30)33-13-8-3/h10-11,15,17,26H,6-9,12-14,16H2,1-5H3,(H,27,28)/t25-/m0/s1. The van der Waals surface area contributed by atoms with Crippen LogP contribution in [0.25, 0.3) is 0 Å². The molecule has 1 atom stereocenters. The lowest BCUT2D eigenvalue weighted by Gasteiger charge is -2.31. The number of unbranched alkanes of at least 4 members (excludes halogenated alkanes) is 1. The van der Waals surface area contributed by atoms with Gasteiger partial charge in [-0.15, -0.1) is 0 Å². The molecule has 0 aliphatic carbocycles. The van der Waals surface area contributed by atoms with Crippen molar-refractivity contribution >= 4 is 24.4 Å². The molecule has 0 radical (unpaired) electrons. The number of hydrogen-bond acceptors (Lipinski definition) is 11. The maximum absolute atomic E-state index is 12.3. The lowest BCUT2D eigenvalue weighted by molar-refractivity contribution is -0.166. The molecule has 1 aromatic carbocycles. The number of nitrogens with one attached hydrogen (secondary N) is 1. The fourth-order valence-electron chi connectivity index (χ4n) is 2.96. The Hall–Kier alpha value is -3.54. The van der Waals surface area contributed by atoms with Crippen molar-refractivity contribution in [3.63, 3.8) is 0 Å². The van der Waals surface area contributed by atoms with Crippen LogP contribution in [0.3, 0.4) is 0 Å². The molecule has 37 heavy (non-hydrogen) atoms. The number of carboxylic acids is 1. The Morgan fingerprint density at radius 2 is 1.41 bits per heavy atom. The van der Waals surface area contributed by atoms with E-state index in [9.17, 15) is 24.3 Å². The van der Waals surface area contributed by atoms with Gasteiger partial charge in [-0.2, -0.15) is 0 Å². The molecule has 1 aromatic rings. The summed E-state index contributed by atoms with van der Waals surface area (Å²) in [6.07, 6.45) is -1.12. The number of ether oxygens (including phenoxy) is 6. The second kappa shape index (κ2) is 16.3. The van der Waals surface area contributed by atoms with Gasteiger partial charge in [-0.05, 0) is 50.8 Å². The van der Waals surface area contributed by atoms with E-state index in [-0.39, 0.29) is 43.3 Å². The van der Waals surface area contributed by atoms with Gasteiger partial charge in [0.25, 0.3) is 5.72 Å². The van der Waals surface area contributed by atoms with Crippen molar-refractivity contribution in [2.45, 2.75) is 78.5 Å². The fourth-order valence-corrected chi connectivity index (χ4v) is 2.96. The highest BCUT2D eigenvalue weighted by atomic mass is 16.8. The molecule has 0 amide bonds. The number of rotatable bonds is 15. The summed E-state index contributed by atoms with van der Waals surface area (Å²) >= 11 is 0. The minimum absolute atomic E-state index is 0.0741. The average molecular weight is 528 g/mol. The third-order valence-corrected chi connectivity index (χ3v) is 4.54. The van der Waals surface area contributed by atoms with Gasteiger partial charge in [0.2, 0.25) is 0 Å². The lowest BCUT2D eigenvalue weighted by atomic mass is 10.0. The summed E-state index contributed by atoms with van der Waals surface area (Å²) in [5.41, 5.74) is -1.94. The van der Waals surface area contributed by atoms with Gasteiger partial charge in [-0.1, -0.05) is 33.3 Å². The van der Waals surface area contributed by atoms with E-state index in [2.05, 4.69) is 5.32 Å². The normalized spacial score (nSPS) is 12.3. The highest BCUT2D eigenvalue weighted by molar-refractivity contribution is 5.80. The van der Waals surface area contributed by atoms with Crippen LogP contribution < -0.4 is 14.8 Å². The van der Waals surface area contributed by atoms with Crippen LogP contribution in [0.15, 0.2) is 18.2 Å². The first-order valence-corrected chi connectivity index (χ1v) is 12.3. The lowest BCUT2D eigenvalue weighted by Crippen LogP contribution is -2.59. The quantitative estimate of drug-likeness (QED) is 0.106. The molecule has 0 heterocycles. The van der Waals surface area contributed by atoms with Crippen LogP contribution in [0.5, 0.6) is 11.5 Å². The molecular weight excluding hydrogens is 490 g/mol. The first-order valence-electron chi connectivity index (χ1n) is 12.3. The molecule has 0 aliphatic rings. The van der Waals surface area contributed by atoms with Gasteiger partial charge in [-0.3, -0.25) is 5.32 Å². The van der Waals surface area contributed by atoms with Crippen molar-refractivity contribution in [1.82, 2.24) is 5.32 Å². The number of hydrogen-bond donors (Lipinski definition) is 2. The van der Waals surface area contributed by atoms with Crippen molar-refractivity contribution in [3.8, 4) is 11.5 Å². The van der Waals surface area contributed by atoms with Crippen molar-refractivity contribution < 1.29 is 52.7 Å². The molecule has 0 aliphatic heterocycles. The molecule has 0 spiro atoms. The molecular formula is C25H37NO11. The van der Waals surface area contributed by atoms with Crippen LogP contribution in [0.4, 0.5) is 14.4 Å². The van der Waals surface area contributed by atoms with E-state index in [4.69, 9.17) is 28.4 Å². The average Bonchev–Trinajstić information content (AvgIpc) is 2.82. The van der Waals surface area contributed by atoms with Gasteiger partial charge in [0, 0.05) is 12.5 Å². The zero-order chi connectivity index (χ0) is 27.8. The topological polar surface area (TPSA) is 156 Å². The Balaban J connectivity index is 3.32. The molecule has 12 heteroatoms. The van der Waals surface area contributed by atoms with Crippen molar-refractivity contribution in [3.05, 3.63) is 23.8 Å². The van der Waals surface area contributed by atoms with E-state index in [0.717, 1.165) is 6.42 Å². The second-order valence-electron chi connectivity index (χ2n) is 8.34. The summed E-state index contributed by atoms with van der Waals surface area (Å²) < 4.78 is 30.4. The van der Waals surface area contributed by atoms with E-state index in [1.165, 1.54) is 18.2 Å². The van der Waals surface area contributed by atoms with E-state index in [1.54, 1.807) is 20.8 Å². The molecule has 208 valence electrons. The highest BCUT2D eigenvalue weighted by Crippen LogP contribution is 2.31. The molecule has 0 aromatic heterocycles. The van der Waals surface area contributed by atoms with E-state index < -0.39 is 36.2 Å². The number of aliphatic carboxylic acids is 1. The molecule has 0 bridgehead atoms. The molecule has 12 nitrogen and oxygen atoms in total. The smallest absolute Gasteiger partial charge is 0.477 e. The number of carbonyl (C=O) groups is 4. The monoisotopic (exact) mass is 527 g/mol. The van der Waals surface area contributed by atoms with Gasteiger partial charge in [0.15, 0.2) is 11.5 Å². The third kappa shape index (κ3) is 11.4. The van der Waals surface area contributed by atoms with Crippen LogP contribution in [0, 0.1) is 0 Å². The Morgan fingerprint density at radius 1 is 0.838 bits per heavy atom. The summed E-state index contributed by atoms with van der Waals surface area (Å²) in [6, 6.07) is 3.60. The van der Waals surface area contributed by atoms with Crippen LogP contribution in [-0.4, -0.2) is 61.1 Å². The fraction of sp³-hybridized carbons (Fsp3) is 0.600. The van der Waals surface area contributed by atoms with Gasteiger partial charge in [0.1, 0.15) is 0 Å². The van der Waals surface area contributed by atoms with Gasteiger partial charge >= 0.3 is 24.4 Å². The molecule has 0 saturated carbocycles. The number of carboxylic acid groups (broad SMARTS) is 1. The zero-order valence-corrected chi connectivity index (χ0v) is 22.0. The van der Waals surface area contributed by atoms with Crippen molar-refractivity contribution in [2.75, 3.05) is 19.8 Å². The zero-order valence-electron chi connectivity index (χ0n) is 22.0. The van der Waals surface area contributed by atoms with Crippen molar-refractivity contribution in [2.24, 2.45) is 0 Å². The summed E-state index contributed by atoms with van der Waals surface area (Å²) in [5.74, 6) is -1.85. The maximum Gasteiger partial charge on any atom is 0.513 e. The summed E-state index contributed by atoms with van der Waals surface area (Å²) in [7, 11) is 0. The predicted molar refractivity (Wildman–Crippen MR) is 131 cm³/mol. The predicted octanol–water partition coefficient (Wildman–Crippen LogP) is 4.81. The second-order valence-corrected chi connectivity index (χ2v) is 8.34. The number of benzene rings is 1. The Bertz CT molecular complexity index is 903. The number of carbonyl (C=O) groups excluding carboxylic acids is 3. The first-order chi connectivity index (χ1) is 17.6. The van der Waals surface area contributed by atoms with Crippen molar-refractivity contribution in [1.29, 1.82) is 0 Å². The Labute approximate surface area is 216 Å². The minimum atomic E-state index is -2.21. The molecule has 2 N–H and O–H groups in total. The van der Waals surface area contributed by atoms with E-state index >= 15 is 0 Å². The largest absolute Gasteiger partial charge is 0.513 e. The molecule has 0 fully saturated rings. The van der Waals surface area contributed by atoms with Crippen LogP contribution >= 0.6 is 0 Å². The highest BCUT2D eigenvalue weighted by Gasteiger charge is 2.44. The summed E-state index contributed by atoms with van der Waals surface area (Å²) in [5, 5.41) is 12.8. The van der Waals surface area contributed by atoms with E-state index in [0.29, 0.717) is 19.3 Å². The third-order valence-electron chi connectivity index (χ3n) is 4.54. The first kappa shape index (κ1) is 31.5. The van der Waals surface area contributed by atoms with Gasteiger partial charge < -0.3 is 33.5 Å². The van der Waals surface area contributed by atoms with Crippen LogP contribution in [0.1, 0.15) is 65.9 Å². The van der Waals surface area contributed by atoms with Crippen LogP contribution in [-0.2, 0) is 30.2 Å².